The van der Waals surface area contributed by atoms with Crippen molar-refractivity contribution < 1.29 is 26.0 Å². The van der Waals surface area contributed by atoms with Gasteiger partial charge in [-0.05, 0) is 36.0 Å². The van der Waals surface area contributed by atoms with Crippen molar-refractivity contribution in [1.29, 1.82) is 0 Å². The van der Waals surface area contributed by atoms with Crippen molar-refractivity contribution in [2.75, 3.05) is 17.8 Å². The Morgan fingerprint density at radius 1 is 1.24 bits per heavy atom. The van der Waals surface area contributed by atoms with Crippen LogP contribution in [0.4, 0.5) is 18.3 Å². The lowest BCUT2D eigenvalue weighted by atomic mass is 9.83. The highest BCUT2D eigenvalue weighted by Crippen LogP contribution is 2.35. The summed E-state index contributed by atoms with van der Waals surface area (Å²) in [5, 5.41) is -0.0346. The molecule has 1 aliphatic carbocycles. The maximum absolute atomic E-state index is 15.0. The summed E-state index contributed by atoms with van der Waals surface area (Å²) in [5.74, 6) is -4.48. The summed E-state index contributed by atoms with van der Waals surface area (Å²) in [4.78, 5) is 17.6. The van der Waals surface area contributed by atoms with Crippen LogP contribution in [0.25, 0.3) is 11.1 Å². The minimum absolute atomic E-state index is 0. The molecule has 1 atom stereocenters. The maximum atomic E-state index is 15.0. The van der Waals surface area contributed by atoms with Crippen molar-refractivity contribution in [3.63, 3.8) is 0 Å². The van der Waals surface area contributed by atoms with Crippen LogP contribution in [-0.4, -0.2) is 52.3 Å². The number of likely N-dealkylation sites (tertiary alicyclic amines) is 1. The Morgan fingerprint density at radius 3 is 2.74 bits per heavy atom. The number of hydrogen-bond donors (Lipinski definition) is 1. The summed E-state index contributed by atoms with van der Waals surface area (Å²) in [7, 11) is -4.35. The lowest BCUT2D eigenvalue weighted by molar-refractivity contribution is -0.147. The van der Waals surface area contributed by atoms with Crippen molar-refractivity contribution in [3.8, 4) is 0 Å². The van der Waals surface area contributed by atoms with Gasteiger partial charge in [-0.1, -0.05) is 18.2 Å². The summed E-state index contributed by atoms with van der Waals surface area (Å²) in [6, 6.07) is 7.60. The van der Waals surface area contributed by atoms with Crippen LogP contribution in [0.1, 0.15) is 23.1 Å². The molecule has 9 nitrogen and oxygen atoms in total. The number of aryl methyl sites for hydroxylation is 1. The number of anilines is 1. The van der Waals surface area contributed by atoms with Crippen molar-refractivity contribution in [1.82, 2.24) is 18.8 Å². The first-order chi connectivity index (χ1) is 17.6. The van der Waals surface area contributed by atoms with Crippen LogP contribution in [-0.2, 0) is 29.4 Å². The van der Waals surface area contributed by atoms with Crippen molar-refractivity contribution in [2.24, 2.45) is 0 Å². The molecular formula is C23H21ClF3N5O4S2. The van der Waals surface area contributed by atoms with Gasteiger partial charge < -0.3 is 4.42 Å². The van der Waals surface area contributed by atoms with E-state index in [0.29, 0.717) is 6.42 Å². The van der Waals surface area contributed by atoms with Gasteiger partial charge in [0.2, 0.25) is 5.13 Å². The highest BCUT2D eigenvalue weighted by atomic mass is 35.5. The molecule has 6 rings (SSSR count). The summed E-state index contributed by atoms with van der Waals surface area (Å²) >= 11 is 0.788. The molecule has 1 unspecified atom stereocenters. The van der Waals surface area contributed by atoms with Crippen LogP contribution in [0.2, 0.25) is 0 Å². The largest absolute Gasteiger partial charge is 0.420 e. The molecule has 0 radical (unpaired) electrons. The van der Waals surface area contributed by atoms with Crippen molar-refractivity contribution >= 4 is 50.2 Å². The zero-order chi connectivity index (χ0) is 25.9. The lowest BCUT2D eigenvalue weighted by Gasteiger charge is -2.45. The highest BCUT2D eigenvalue weighted by Gasteiger charge is 2.47. The monoisotopic (exact) mass is 587 g/mol. The zero-order valence-corrected chi connectivity index (χ0v) is 22.0. The number of oxazole rings is 1. The Bertz CT molecular complexity index is 1670. The molecule has 1 fully saturated rings. The number of nitrogens with zero attached hydrogens (tertiary/aromatic N) is 4. The van der Waals surface area contributed by atoms with Crippen molar-refractivity contribution in [3.05, 3.63) is 69.7 Å². The average Bonchev–Trinajstić information content (AvgIpc) is 3.44. The number of nitrogens with one attached hydrogen (secondary N) is 1. The molecule has 1 aliphatic heterocycles. The van der Waals surface area contributed by atoms with Gasteiger partial charge >= 0.3 is 5.76 Å². The van der Waals surface area contributed by atoms with E-state index in [4.69, 9.17) is 4.42 Å². The van der Waals surface area contributed by atoms with Gasteiger partial charge in [0.15, 0.2) is 5.58 Å². The van der Waals surface area contributed by atoms with Gasteiger partial charge in [0.05, 0.1) is 25.2 Å². The molecule has 2 aromatic carbocycles. The smallest absolute Gasteiger partial charge is 0.408 e. The number of aromatic nitrogens is 3. The van der Waals surface area contributed by atoms with Gasteiger partial charge in [0, 0.05) is 29.7 Å². The Balaban J connectivity index is 0.00000294. The Morgan fingerprint density at radius 2 is 2.03 bits per heavy atom. The van der Waals surface area contributed by atoms with E-state index in [2.05, 4.69) is 14.1 Å². The number of sulfonamides is 1. The van der Waals surface area contributed by atoms with Gasteiger partial charge in [-0.3, -0.25) is 14.2 Å². The normalized spacial score (nSPS) is 19.0. The third-order valence-corrected chi connectivity index (χ3v) is 8.93. The van der Waals surface area contributed by atoms with E-state index in [9.17, 15) is 22.0 Å². The molecule has 0 amide bonds. The summed E-state index contributed by atoms with van der Waals surface area (Å²) in [6.45, 7) is -0.439. The Kier molecular flexibility index (Phi) is 6.78. The molecule has 2 aliphatic rings. The molecule has 4 aromatic rings. The third-order valence-electron chi connectivity index (χ3n) is 6.86. The van der Waals surface area contributed by atoms with Crippen LogP contribution in [0.3, 0.4) is 0 Å². The van der Waals surface area contributed by atoms with Crippen LogP contribution < -0.4 is 10.5 Å². The number of rotatable bonds is 6. The average molecular weight is 588 g/mol. The second kappa shape index (κ2) is 9.67. The minimum atomic E-state index is -4.35. The van der Waals surface area contributed by atoms with E-state index in [1.807, 2.05) is 18.2 Å². The van der Waals surface area contributed by atoms with E-state index in [1.165, 1.54) is 4.57 Å². The van der Waals surface area contributed by atoms with Crippen LogP contribution in [0.5, 0.6) is 0 Å². The number of hydrogen-bond acceptors (Lipinski definition) is 8. The highest BCUT2D eigenvalue weighted by molar-refractivity contribution is 7.93. The molecule has 2 aromatic heterocycles. The molecule has 0 spiro atoms. The van der Waals surface area contributed by atoms with E-state index in [-0.39, 0.29) is 54.3 Å². The minimum Gasteiger partial charge on any atom is -0.408 e. The summed E-state index contributed by atoms with van der Waals surface area (Å²) in [6.07, 6.45) is 3.23. The third kappa shape index (κ3) is 4.81. The number of fused-ring (bicyclic) bond motifs is 2. The molecule has 38 heavy (non-hydrogen) atoms. The first kappa shape index (κ1) is 26.7. The van der Waals surface area contributed by atoms with Gasteiger partial charge in [-0.15, -0.1) is 12.4 Å². The van der Waals surface area contributed by atoms with Crippen molar-refractivity contribution in [2.45, 2.75) is 42.7 Å². The Labute approximate surface area is 224 Å². The zero-order valence-electron chi connectivity index (χ0n) is 19.6. The van der Waals surface area contributed by atoms with Gasteiger partial charge in [0.25, 0.3) is 15.9 Å². The predicted octanol–water partition coefficient (Wildman–Crippen LogP) is 3.66. The predicted molar refractivity (Wildman–Crippen MR) is 136 cm³/mol. The molecular weight excluding hydrogens is 567 g/mol. The fourth-order valence-corrected chi connectivity index (χ4v) is 6.83. The second-order valence-electron chi connectivity index (χ2n) is 9.27. The molecule has 0 bridgehead atoms. The quantitative estimate of drug-likeness (QED) is 0.366. The fourth-order valence-electron chi connectivity index (χ4n) is 5.09. The van der Waals surface area contributed by atoms with Crippen LogP contribution >= 0.6 is 23.9 Å². The van der Waals surface area contributed by atoms with Gasteiger partial charge in [0.1, 0.15) is 17.0 Å². The second-order valence-corrected chi connectivity index (χ2v) is 11.7. The maximum Gasteiger partial charge on any atom is 0.420 e. The summed E-state index contributed by atoms with van der Waals surface area (Å²) < 4.78 is 79.6. The number of halogens is 4. The van der Waals surface area contributed by atoms with E-state index in [0.717, 1.165) is 59.5 Å². The lowest BCUT2D eigenvalue weighted by Crippen LogP contribution is -2.60. The summed E-state index contributed by atoms with van der Waals surface area (Å²) in [5.41, 5.74) is 2.88. The number of benzene rings is 2. The molecule has 1 N–H and O–H groups in total. The Hall–Kier alpha value is -2.94. The van der Waals surface area contributed by atoms with E-state index in [1.54, 1.807) is 4.90 Å². The molecule has 15 heteroatoms. The molecule has 202 valence electrons. The van der Waals surface area contributed by atoms with Gasteiger partial charge in [-0.2, -0.15) is 4.37 Å². The molecule has 3 heterocycles. The SMILES string of the molecule is Cl.O=c1oc2cc(S(=O)(=O)Nc3ncns3)c(F)cc2n1Cc1cccc2c1CC(N1CC(F)(F)C1)CC2. The topological polar surface area (TPSA) is 110 Å². The van der Waals surface area contributed by atoms with E-state index >= 15 is 4.39 Å². The fraction of sp³-hybridized carbons (Fsp3) is 0.348. The molecule has 0 saturated carbocycles. The van der Waals surface area contributed by atoms with Crippen LogP contribution in [0.15, 0.2) is 50.8 Å². The number of alkyl halides is 2. The standard InChI is InChI=1S/C23H20F3N5O4S2.ClH/c24-17-7-18-19(8-20(17)37(33,34)29-21-27-12-28-36-21)35-22(32)31(18)9-14-3-1-2-13-4-5-15(6-16(13)14)30-10-23(25,26)11-30;/h1-3,7-8,12,15H,4-6,9-11H2,(H,27,28,29);1H. The van der Waals surface area contributed by atoms with Crippen LogP contribution in [0, 0.1) is 5.82 Å². The van der Waals surface area contributed by atoms with E-state index < -0.39 is 32.4 Å². The first-order valence-corrected chi connectivity index (χ1v) is 13.7. The first-order valence-electron chi connectivity index (χ1n) is 11.4. The molecule has 1 saturated heterocycles. The van der Waals surface area contributed by atoms with Gasteiger partial charge in [-0.25, -0.2) is 31.4 Å².